The fourth-order valence-corrected chi connectivity index (χ4v) is 5.16. The Balaban J connectivity index is 1.34. The van der Waals surface area contributed by atoms with Gasteiger partial charge < -0.3 is 16.0 Å². The van der Waals surface area contributed by atoms with Crippen LogP contribution in [0.4, 0.5) is 21.8 Å². The van der Waals surface area contributed by atoms with Crippen molar-refractivity contribution in [3.63, 3.8) is 0 Å². The molecule has 4 aromatic rings. The van der Waals surface area contributed by atoms with Crippen molar-refractivity contribution in [2.24, 2.45) is 0 Å². The number of fused-ring (bicyclic) bond motifs is 3. The predicted molar refractivity (Wildman–Crippen MR) is 136 cm³/mol. The number of rotatable bonds is 3. The molecule has 1 amide bonds. The molecule has 0 fully saturated rings. The molecule has 0 spiro atoms. The number of nitrogen functional groups attached to an aromatic ring is 1. The number of likely N-dealkylation sites (N-methyl/N-ethyl adjacent to an activating group) is 1. The first kappa shape index (κ1) is 22.4. The number of aryl methyl sites for hydroxylation is 1. The second-order valence-corrected chi connectivity index (χ2v) is 9.57. The molecule has 36 heavy (non-hydrogen) atoms. The lowest BCUT2D eigenvalue weighted by atomic mass is 9.88. The van der Waals surface area contributed by atoms with Crippen LogP contribution in [0.5, 0.6) is 0 Å². The topological polar surface area (TPSA) is 115 Å². The summed E-state index contributed by atoms with van der Waals surface area (Å²) >= 11 is 0. The van der Waals surface area contributed by atoms with Crippen LogP contribution >= 0.6 is 0 Å². The third kappa shape index (κ3) is 3.82. The van der Waals surface area contributed by atoms with Gasteiger partial charge in [-0.3, -0.25) is 14.5 Å². The summed E-state index contributed by atoms with van der Waals surface area (Å²) in [6.07, 6.45) is 5.33. The lowest BCUT2D eigenvalue weighted by Gasteiger charge is -2.22. The van der Waals surface area contributed by atoms with Crippen molar-refractivity contribution in [3.05, 3.63) is 53.1 Å². The van der Waals surface area contributed by atoms with Crippen molar-refractivity contribution < 1.29 is 9.18 Å². The van der Waals surface area contributed by atoms with Crippen LogP contribution in [0, 0.1) is 6.92 Å². The Hall–Kier alpha value is -4.08. The molecule has 1 aliphatic heterocycles. The van der Waals surface area contributed by atoms with Gasteiger partial charge in [-0.1, -0.05) is 0 Å². The SMILES string of the molecule is Cc1c(-c2cc3cc(Nc4cc5n(n4)CC(=O)N(C)CC5)ncc3c(N)n2)cnc2c1C(F)CCC2. The molecular formula is C26H27FN8O. The van der Waals surface area contributed by atoms with E-state index in [-0.39, 0.29) is 12.5 Å². The molecule has 2 aliphatic rings. The van der Waals surface area contributed by atoms with E-state index in [0.717, 1.165) is 52.5 Å². The van der Waals surface area contributed by atoms with E-state index in [2.05, 4.69) is 25.4 Å². The van der Waals surface area contributed by atoms with E-state index in [0.29, 0.717) is 41.7 Å². The van der Waals surface area contributed by atoms with E-state index >= 15 is 0 Å². The minimum atomic E-state index is -1.00. The molecule has 10 heteroatoms. The quantitative estimate of drug-likeness (QED) is 0.452. The summed E-state index contributed by atoms with van der Waals surface area (Å²) < 4.78 is 16.5. The van der Waals surface area contributed by atoms with Gasteiger partial charge in [0.25, 0.3) is 0 Å². The van der Waals surface area contributed by atoms with Crippen molar-refractivity contribution >= 4 is 34.1 Å². The first-order valence-corrected chi connectivity index (χ1v) is 12.1. The second-order valence-electron chi connectivity index (χ2n) is 9.57. The van der Waals surface area contributed by atoms with E-state index in [1.165, 1.54) is 0 Å². The fraction of sp³-hybridized carbons (Fsp3) is 0.346. The average Bonchev–Trinajstić information content (AvgIpc) is 3.17. The Labute approximate surface area is 207 Å². The van der Waals surface area contributed by atoms with Crippen LogP contribution < -0.4 is 11.1 Å². The molecule has 1 atom stereocenters. The smallest absolute Gasteiger partial charge is 0.244 e. The van der Waals surface area contributed by atoms with Gasteiger partial charge in [-0.25, -0.2) is 14.4 Å². The molecule has 5 heterocycles. The number of carbonyl (C=O) groups excluding carboxylic acids is 1. The molecule has 184 valence electrons. The maximum absolute atomic E-state index is 14.7. The molecule has 9 nitrogen and oxygen atoms in total. The normalized spacial score (nSPS) is 17.6. The number of nitrogens with one attached hydrogen (secondary N) is 1. The Morgan fingerprint density at radius 3 is 2.86 bits per heavy atom. The minimum Gasteiger partial charge on any atom is -0.383 e. The largest absolute Gasteiger partial charge is 0.383 e. The van der Waals surface area contributed by atoms with Gasteiger partial charge in [0.05, 0.1) is 5.69 Å². The van der Waals surface area contributed by atoms with Gasteiger partial charge in [0.1, 0.15) is 24.4 Å². The molecule has 1 unspecified atom stereocenters. The molecule has 0 radical (unpaired) electrons. The monoisotopic (exact) mass is 486 g/mol. The van der Waals surface area contributed by atoms with Crippen LogP contribution in [-0.4, -0.2) is 49.1 Å². The van der Waals surface area contributed by atoms with Crippen LogP contribution in [-0.2, 0) is 24.2 Å². The molecule has 0 saturated heterocycles. The zero-order valence-corrected chi connectivity index (χ0v) is 20.3. The number of hydrogen-bond donors (Lipinski definition) is 2. The highest BCUT2D eigenvalue weighted by atomic mass is 19.1. The molecule has 0 aromatic carbocycles. The Kier molecular flexibility index (Phi) is 5.31. The van der Waals surface area contributed by atoms with E-state index in [9.17, 15) is 9.18 Å². The highest BCUT2D eigenvalue weighted by Crippen LogP contribution is 2.38. The summed E-state index contributed by atoms with van der Waals surface area (Å²) in [4.78, 5) is 27.5. The first-order valence-electron chi connectivity index (χ1n) is 12.1. The van der Waals surface area contributed by atoms with E-state index in [1.807, 2.05) is 25.1 Å². The van der Waals surface area contributed by atoms with Gasteiger partial charge >= 0.3 is 0 Å². The number of pyridine rings is 3. The lowest BCUT2D eigenvalue weighted by molar-refractivity contribution is -0.130. The van der Waals surface area contributed by atoms with Gasteiger partial charge in [0, 0.05) is 66.4 Å². The predicted octanol–water partition coefficient (Wildman–Crippen LogP) is 3.88. The van der Waals surface area contributed by atoms with Crippen molar-refractivity contribution in [1.82, 2.24) is 29.6 Å². The molecule has 1 aliphatic carbocycles. The number of carbonyl (C=O) groups is 1. The number of nitrogens with two attached hydrogens (primary N) is 1. The number of hydrogen-bond acceptors (Lipinski definition) is 7. The van der Waals surface area contributed by atoms with Crippen LogP contribution in [0.3, 0.4) is 0 Å². The zero-order valence-electron chi connectivity index (χ0n) is 20.3. The average molecular weight is 487 g/mol. The number of nitrogens with zero attached hydrogens (tertiary/aromatic N) is 6. The van der Waals surface area contributed by atoms with Gasteiger partial charge in [-0.2, -0.15) is 5.10 Å². The molecule has 0 bridgehead atoms. The third-order valence-electron chi connectivity index (χ3n) is 7.21. The zero-order chi connectivity index (χ0) is 25.0. The molecule has 0 saturated carbocycles. The molecule has 4 aromatic heterocycles. The van der Waals surface area contributed by atoms with Crippen molar-refractivity contribution in [2.75, 3.05) is 24.6 Å². The third-order valence-corrected chi connectivity index (χ3v) is 7.21. The van der Waals surface area contributed by atoms with E-state index in [4.69, 9.17) is 5.73 Å². The summed E-state index contributed by atoms with van der Waals surface area (Å²) in [5.41, 5.74) is 11.1. The summed E-state index contributed by atoms with van der Waals surface area (Å²) in [7, 11) is 1.80. The van der Waals surface area contributed by atoms with E-state index in [1.54, 1.807) is 29.0 Å². The van der Waals surface area contributed by atoms with Gasteiger partial charge in [-0.15, -0.1) is 0 Å². The first-order chi connectivity index (χ1) is 17.4. The number of aromatic nitrogens is 5. The molecule has 3 N–H and O–H groups in total. The number of halogens is 1. The number of amides is 1. The van der Waals surface area contributed by atoms with Gasteiger partial charge in [-0.05, 0) is 49.3 Å². The van der Waals surface area contributed by atoms with Crippen molar-refractivity contribution in [2.45, 2.75) is 45.3 Å². The number of alkyl halides is 1. The summed E-state index contributed by atoms with van der Waals surface area (Å²) in [5, 5.41) is 9.37. The summed E-state index contributed by atoms with van der Waals surface area (Å²) in [6.45, 7) is 2.81. The lowest BCUT2D eigenvalue weighted by Crippen LogP contribution is -2.29. The molecule has 6 rings (SSSR count). The Bertz CT molecular complexity index is 1510. The summed E-state index contributed by atoms with van der Waals surface area (Å²) in [6, 6.07) is 5.77. The van der Waals surface area contributed by atoms with E-state index < -0.39 is 6.17 Å². The maximum Gasteiger partial charge on any atom is 0.244 e. The van der Waals surface area contributed by atoms with Crippen LogP contribution in [0.1, 0.15) is 41.5 Å². The number of anilines is 3. The minimum absolute atomic E-state index is 0.0359. The van der Waals surface area contributed by atoms with Crippen molar-refractivity contribution in [1.29, 1.82) is 0 Å². The standard InChI is InChI=1S/C26H27FN8O/c1-14-17(11-29-20-5-3-4-19(27)25(14)20)21-8-15-9-22(30-12-18(15)26(28)31-21)32-23-10-16-6-7-34(2)24(36)13-35(16)33-23/h8-12,19H,3-7,13H2,1-2H3,(H2,28,31)(H,30,32,33). The Morgan fingerprint density at radius 2 is 2.00 bits per heavy atom. The van der Waals surface area contributed by atoms with Gasteiger partial charge in [0.15, 0.2) is 5.82 Å². The highest BCUT2D eigenvalue weighted by Gasteiger charge is 2.25. The van der Waals surface area contributed by atoms with Gasteiger partial charge in [0.2, 0.25) is 5.91 Å². The van der Waals surface area contributed by atoms with Crippen LogP contribution in [0.15, 0.2) is 30.6 Å². The molecular weight excluding hydrogens is 459 g/mol. The van der Waals surface area contributed by atoms with Crippen LogP contribution in [0.2, 0.25) is 0 Å². The summed E-state index contributed by atoms with van der Waals surface area (Å²) in [5.74, 6) is 1.61. The van der Waals surface area contributed by atoms with Crippen molar-refractivity contribution in [3.8, 4) is 11.3 Å². The Morgan fingerprint density at radius 1 is 1.14 bits per heavy atom. The second kappa shape index (κ2) is 8.54. The van der Waals surface area contributed by atoms with Crippen LogP contribution in [0.25, 0.3) is 22.0 Å². The fourth-order valence-electron chi connectivity index (χ4n) is 5.16. The maximum atomic E-state index is 14.7. The highest BCUT2D eigenvalue weighted by molar-refractivity contribution is 5.95.